The van der Waals surface area contributed by atoms with Crippen LogP contribution in [-0.2, 0) is 0 Å². The largest absolute Gasteiger partial charge is 0.329 e. The highest BCUT2D eigenvalue weighted by atomic mass is 15.3. The van der Waals surface area contributed by atoms with E-state index in [-0.39, 0.29) is 0 Å². The van der Waals surface area contributed by atoms with Crippen LogP contribution in [0.2, 0.25) is 0 Å². The third kappa shape index (κ3) is 3.17. The molecule has 1 heterocycles. The Morgan fingerprint density at radius 1 is 1.00 bits per heavy atom. The molecule has 1 saturated heterocycles. The number of hydrogen-bond donors (Lipinski definition) is 1. The maximum atomic E-state index is 6.16. The van der Waals surface area contributed by atoms with Crippen LogP contribution in [-0.4, -0.2) is 49.1 Å². The van der Waals surface area contributed by atoms with Gasteiger partial charge in [-0.15, -0.1) is 0 Å². The normalized spacial score (nSPS) is 18.6. The average molecular weight is 297 g/mol. The Kier molecular flexibility index (Phi) is 5.08. The molecule has 0 aliphatic carbocycles. The molecule has 22 heavy (non-hydrogen) atoms. The van der Waals surface area contributed by atoms with Gasteiger partial charge in [-0.25, -0.2) is 0 Å². The maximum absolute atomic E-state index is 6.16. The molecular weight excluding hydrogens is 270 g/mol. The zero-order valence-corrected chi connectivity index (χ0v) is 13.5. The van der Waals surface area contributed by atoms with E-state index in [9.17, 15) is 0 Å². The molecule has 118 valence electrons. The molecule has 1 aliphatic heterocycles. The van der Waals surface area contributed by atoms with Crippen LogP contribution in [0.5, 0.6) is 0 Å². The van der Waals surface area contributed by atoms with Crippen molar-refractivity contribution in [1.82, 2.24) is 9.80 Å². The molecule has 0 amide bonds. The highest BCUT2D eigenvalue weighted by Gasteiger charge is 2.24. The first-order valence-corrected chi connectivity index (χ1v) is 8.47. The van der Waals surface area contributed by atoms with E-state index in [2.05, 4.69) is 59.2 Å². The van der Waals surface area contributed by atoms with E-state index in [1.54, 1.807) is 0 Å². The fourth-order valence-electron chi connectivity index (χ4n) is 3.63. The zero-order valence-electron chi connectivity index (χ0n) is 13.5. The molecule has 3 rings (SSSR count). The van der Waals surface area contributed by atoms with E-state index in [1.807, 2.05) is 0 Å². The molecule has 0 saturated carbocycles. The minimum absolute atomic E-state index is 0.329. The van der Waals surface area contributed by atoms with Gasteiger partial charge in [0, 0.05) is 38.8 Å². The van der Waals surface area contributed by atoms with E-state index in [1.165, 1.54) is 29.3 Å². The molecule has 2 aromatic rings. The summed E-state index contributed by atoms with van der Waals surface area (Å²) in [6.45, 7) is 8.71. The highest BCUT2D eigenvalue weighted by molar-refractivity contribution is 5.86. The van der Waals surface area contributed by atoms with Crippen LogP contribution in [0.25, 0.3) is 10.8 Å². The molecule has 2 aromatic carbocycles. The van der Waals surface area contributed by atoms with Gasteiger partial charge >= 0.3 is 0 Å². The lowest BCUT2D eigenvalue weighted by atomic mass is 9.97. The van der Waals surface area contributed by atoms with Gasteiger partial charge in [0.2, 0.25) is 0 Å². The summed E-state index contributed by atoms with van der Waals surface area (Å²) in [5.74, 6) is 0. The Labute approximate surface area is 133 Å². The Morgan fingerprint density at radius 2 is 1.73 bits per heavy atom. The molecule has 1 fully saturated rings. The molecule has 0 aromatic heterocycles. The topological polar surface area (TPSA) is 32.5 Å². The lowest BCUT2D eigenvalue weighted by Gasteiger charge is -2.39. The molecule has 0 radical (unpaired) electrons. The summed E-state index contributed by atoms with van der Waals surface area (Å²) < 4.78 is 0. The van der Waals surface area contributed by atoms with Crippen molar-refractivity contribution in [3.05, 3.63) is 48.0 Å². The van der Waals surface area contributed by atoms with Crippen LogP contribution in [0.3, 0.4) is 0 Å². The number of benzene rings is 2. The first-order valence-electron chi connectivity index (χ1n) is 8.47. The summed E-state index contributed by atoms with van der Waals surface area (Å²) >= 11 is 0. The lowest BCUT2D eigenvalue weighted by molar-refractivity contribution is 0.0991. The maximum Gasteiger partial charge on any atom is 0.0477 e. The monoisotopic (exact) mass is 297 g/mol. The second-order valence-electron chi connectivity index (χ2n) is 6.20. The minimum atomic E-state index is 0.329. The van der Waals surface area contributed by atoms with E-state index >= 15 is 0 Å². The summed E-state index contributed by atoms with van der Waals surface area (Å²) in [4.78, 5) is 5.13. The van der Waals surface area contributed by atoms with Crippen LogP contribution in [0.1, 0.15) is 24.9 Å². The Bertz CT molecular complexity index is 597. The molecule has 2 N–H and O–H groups in total. The molecule has 1 aliphatic rings. The van der Waals surface area contributed by atoms with Crippen molar-refractivity contribution in [2.45, 2.75) is 19.4 Å². The summed E-state index contributed by atoms with van der Waals surface area (Å²) in [5, 5.41) is 2.65. The average Bonchev–Trinajstić information content (AvgIpc) is 2.57. The second-order valence-corrected chi connectivity index (χ2v) is 6.20. The Hall–Kier alpha value is -1.42. The van der Waals surface area contributed by atoms with Gasteiger partial charge in [0.1, 0.15) is 0 Å². The third-order valence-corrected chi connectivity index (χ3v) is 4.79. The summed E-state index contributed by atoms with van der Waals surface area (Å²) in [6.07, 6.45) is 1.24. The standard InChI is InChI=1S/C19H27N3/c1-2-10-21-11-13-22(14-12-21)19(15-20)18-9-5-7-16-6-3-4-8-17(16)18/h3-9,19H,2,10-15,20H2,1H3. The smallest absolute Gasteiger partial charge is 0.0477 e. The van der Waals surface area contributed by atoms with E-state index in [4.69, 9.17) is 5.73 Å². The molecule has 3 nitrogen and oxygen atoms in total. The van der Waals surface area contributed by atoms with Gasteiger partial charge in [0.25, 0.3) is 0 Å². The summed E-state index contributed by atoms with van der Waals surface area (Å²) in [5.41, 5.74) is 7.54. The lowest BCUT2D eigenvalue weighted by Crippen LogP contribution is -2.49. The van der Waals surface area contributed by atoms with Crippen LogP contribution >= 0.6 is 0 Å². The fourth-order valence-corrected chi connectivity index (χ4v) is 3.63. The van der Waals surface area contributed by atoms with Crippen LogP contribution in [0.4, 0.5) is 0 Å². The minimum Gasteiger partial charge on any atom is -0.329 e. The quantitative estimate of drug-likeness (QED) is 0.921. The van der Waals surface area contributed by atoms with E-state index in [0.29, 0.717) is 12.6 Å². The Morgan fingerprint density at radius 3 is 2.45 bits per heavy atom. The van der Waals surface area contributed by atoms with Crippen molar-refractivity contribution in [2.24, 2.45) is 5.73 Å². The predicted molar refractivity (Wildman–Crippen MR) is 94.0 cm³/mol. The van der Waals surface area contributed by atoms with Gasteiger partial charge in [-0.2, -0.15) is 0 Å². The van der Waals surface area contributed by atoms with Gasteiger partial charge in [-0.1, -0.05) is 49.4 Å². The number of rotatable bonds is 5. The first-order chi connectivity index (χ1) is 10.8. The predicted octanol–water partition coefficient (Wildman–Crippen LogP) is 2.87. The van der Waals surface area contributed by atoms with Crippen molar-refractivity contribution in [1.29, 1.82) is 0 Å². The van der Waals surface area contributed by atoms with Crippen molar-refractivity contribution in [3.8, 4) is 0 Å². The molecule has 1 atom stereocenters. The van der Waals surface area contributed by atoms with Crippen molar-refractivity contribution in [2.75, 3.05) is 39.3 Å². The summed E-state index contributed by atoms with van der Waals surface area (Å²) in [7, 11) is 0. The SMILES string of the molecule is CCCN1CCN(C(CN)c2cccc3ccccc23)CC1. The number of hydrogen-bond acceptors (Lipinski definition) is 3. The molecule has 3 heteroatoms. The zero-order chi connectivity index (χ0) is 15.4. The number of fused-ring (bicyclic) bond motifs is 1. The van der Waals surface area contributed by atoms with Gasteiger partial charge in [-0.3, -0.25) is 4.90 Å². The fraction of sp³-hybridized carbons (Fsp3) is 0.474. The van der Waals surface area contributed by atoms with Gasteiger partial charge in [0.05, 0.1) is 0 Å². The van der Waals surface area contributed by atoms with E-state index in [0.717, 1.165) is 26.2 Å². The van der Waals surface area contributed by atoms with Crippen LogP contribution in [0, 0.1) is 0 Å². The highest BCUT2D eigenvalue weighted by Crippen LogP contribution is 2.28. The van der Waals surface area contributed by atoms with Crippen molar-refractivity contribution in [3.63, 3.8) is 0 Å². The molecular formula is C19H27N3. The summed E-state index contributed by atoms with van der Waals surface area (Å²) in [6, 6.07) is 15.6. The third-order valence-electron chi connectivity index (χ3n) is 4.79. The first kappa shape index (κ1) is 15.5. The molecule has 0 bridgehead atoms. The molecule has 1 unspecified atom stereocenters. The van der Waals surface area contributed by atoms with Crippen molar-refractivity contribution < 1.29 is 0 Å². The van der Waals surface area contributed by atoms with Gasteiger partial charge < -0.3 is 10.6 Å². The van der Waals surface area contributed by atoms with E-state index < -0.39 is 0 Å². The van der Waals surface area contributed by atoms with Crippen molar-refractivity contribution >= 4 is 10.8 Å². The van der Waals surface area contributed by atoms with Crippen LogP contribution < -0.4 is 5.73 Å². The van der Waals surface area contributed by atoms with Crippen LogP contribution in [0.15, 0.2) is 42.5 Å². The number of nitrogens with zero attached hydrogens (tertiary/aromatic N) is 2. The van der Waals surface area contributed by atoms with Gasteiger partial charge in [0.15, 0.2) is 0 Å². The van der Waals surface area contributed by atoms with Gasteiger partial charge in [-0.05, 0) is 29.3 Å². The Balaban J connectivity index is 1.82. The second kappa shape index (κ2) is 7.23. The molecule has 0 spiro atoms. The number of piperazine rings is 1. The number of nitrogens with two attached hydrogens (primary N) is 1.